The number of halogens is 1. The van der Waals surface area contributed by atoms with E-state index < -0.39 is 0 Å². The number of amides is 1. The van der Waals surface area contributed by atoms with Crippen LogP contribution in [0, 0.1) is 0 Å². The van der Waals surface area contributed by atoms with Crippen LogP contribution in [0.1, 0.15) is 17.4 Å². The summed E-state index contributed by atoms with van der Waals surface area (Å²) in [6, 6.07) is 16.1. The minimum atomic E-state index is 0. The summed E-state index contributed by atoms with van der Waals surface area (Å²) < 4.78 is 1.87. The molecule has 3 aromatic rings. The van der Waals surface area contributed by atoms with Crippen LogP contribution in [-0.4, -0.2) is 46.3 Å². The molecular weight excluding hydrogens is 368 g/mol. The minimum Gasteiger partial charge on any atom is -0.332 e. The summed E-state index contributed by atoms with van der Waals surface area (Å²) >= 11 is 1.65. The largest absolute Gasteiger partial charge is 0.332 e. The summed E-state index contributed by atoms with van der Waals surface area (Å²) in [5.41, 5.74) is 2.41. The molecule has 0 bridgehead atoms. The summed E-state index contributed by atoms with van der Waals surface area (Å²) in [4.78, 5) is 16.0. The lowest BCUT2D eigenvalue weighted by atomic mass is 10.2. The van der Waals surface area contributed by atoms with Crippen LogP contribution in [0.4, 0.5) is 0 Å². The van der Waals surface area contributed by atoms with Crippen molar-refractivity contribution < 1.29 is 4.79 Å². The van der Waals surface area contributed by atoms with Crippen molar-refractivity contribution >= 4 is 29.7 Å². The molecule has 1 aliphatic rings. The monoisotopic (exact) mass is 388 g/mol. The Kier molecular flexibility index (Phi) is 5.76. The van der Waals surface area contributed by atoms with Crippen LogP contribution in [0.15, 0.2) is 53.9 Å². The molecule has 0 saturated carbocycles. The molecule has 1 amide bonds. The summed E-state index contributed by atoms with van der Waals surface area (Å²) in [5, 5.41) is 10.0. The maximum atomic E-state index is 13.0. The van der Waals surface area contributed by atoms with Gasteiger partial charge < -0.3 is 10.2 Å². The Morgan fingerprint density at radius 3 is 2.73 bits per heavy atom. The van der Waals surface area contributed by atoms with Crippen LogP contribution in [0.5, 0.6) is 0 Å². The van der Waals surface area contributed by atoms with Crippen LogP contribution < -0.4 is 5.32 Å². The molecule has 1 unspecified atom stereocenters. The molecule has 1 aliphatic heterocycles. The van der Waals surface area contributed by atoms with Crippen molar-refractivity contribution in [1.82, 2.24) is 20.0 Å². The molecule has 4 rings (SSSR count). The number of benzene rings is 1. The van der Waals surface area contributed by atoms with Gasteiger partial charge in [0.2, 0.25) is 0 Å². The number of hydrogen-bond donors (Lipinski definition) is 1. The SMILES string of the molecule is CC1CNCCN1C(=O)c1cc(-c2cccs2)n(-c2ccccc2)n1.Cl. The van der Waals surface area contributed by atoms with Gasteiger partial charge in [-0.05, 0) is 36.6 Å². The number of rotatable bonds is 3. The smallest absolute Gasteiger partial charge is 0.274 e. The van der Waals surface area contributed by atoms with E-state index in [1.807, 2.05) is 57.4 Å². The van der Waals surface area contributed by atoms with Crippen LogP contribution in [-0.2, 0) is 0 Å². The Morgan fingerprint density at radius 2 is 2.04 bits per heavy atom. The Balaban J connectivity index is 0.00000196. The van der Waals surface area contributed by atoms with E-state index in [1.54, 1.807) is 11.3 Å². The molecule has 1 N–H and O–H groups in total. The van der Waals surface area contributed by atoms with Crippen LogP contribution in [0.2, 0.25) is 0 Å². The maximum Gasteiger partial charge on any atom is 0.274 e. The normalized spacial score (nSPS) is 17.0. The van der Waals surface area contributed by atoms with Crippen LogP contribution in [0.25, 0.3) is 16.3 Å². The van der Waals surface area contributed by atoms with Gasteiger partial charge in [0.15, 0.2) is 5.69 Å². The van der Waals surface area contributed by atoms with Crippen molar-refractivity contribution in [3.63, 3.8) is 0 Å². The lowest BCUT2D eigenvalue weighted by molar-refractivity contribution is 0.0649. The molecule has 1 atom stereocenters. The quantitative estimate of drug-likeness (QED) is 0.747. The topological polar surface area (TPSA) is 50.2 Å². The van der Waals surface area contributed by atoms with Gasteiger partial charge in [-0.25, -0.2) is 4.68 Å². The first-order chi connectivity index (χ1) is 12.2. The number of para-hydroxylation sites is 1. The zero-order valence-electron chi connectivity index (χ0n) is 14.5. The van der Waals surface area contributed by atoms with Crippen LogP contribution in [0.3, 0.4) is 0 Å². The van der Waals surface area contributed by atoms with Crippen molar-refractivity contribution in [1.29, 1.82) is 0 Å². The highest BCUT2D eigenvalue weighted by atomic mass is 35.5. The Morgan fingerprint density at radius 1 is 1.23 bits per heavy atom. The van der Waals surface area contributed by atoms with Crippen molar-refractivity contribution in [2.24, 2.45) is 0 Å². The molecule has 0 aliphatic carbocycles. The van der Waals surface area contributed by atoms with E-state index >= 15 is 0 Å². The number of thiophene rings is 1. The van der Waals surface area contributed by atoms with Gasteiger partial charge in [-0.2, -0.15) is 5.10 Å². The molecule has 3 heterocycles. The number of hydrogen-bond acceptors (Lipinski definition) is 4. The molecule has 1 saturated heterocycles. The van der Waals surface area contributed by atoms with E-state index in [0.717, 1.165) is 29.3 Å². The molecule has 1 aromatic carbocycles. The minimum absolute atomic E-state index is 0. The molecule has 136 valence electrons. The van der Waals surface area contributed by atoms with E-state index in [9.17, 15) is 4.79 Å². The number of carbonyl (C=O) groups is 1. The van der Waals surface area contributed by atoms with Gasteiger partial charge in [-0.3, -0.25) is 4.79 Å². The maximum absolute atomic E-state index is 13.0. The number of carbonyl (C=O) groups excluding carboxylic acids is 1. The number of aromatic nitrogens is 2. The molecule has 2 aromatic heterocycles. The molecule has 1 fully saturated rings. The highest BCUT2D eigenvalue weighted by molar-refractivity contribution is 7.13. The first-order valence-electron chi connectivity index (χ1n) is 8.45. The fourth-order valence-electron chi connectivity index (χ4n) is 3.14. The highest BCUT2D eigenvalue weighted by Gasteiger charge is 2.27. The zero-order chi connectivity index (χ0) is 17.2. The second kappa shape index (κ2) is 8.03. The average molecular weight is 389 g/mol. The third kappa shape index (κ3) is 3.53. The van der Waals surface area contributed by atoms with E-state index in [1.165, 1.54) is 0 Å². The standard InChI is InChI=1S/C19H20N4OS.ClH/c1-14-13-20-9-10-22(14)19(24)16-12-17(18-8-5-11-25-18)23(21-16)15-6-3-2-4-7-15;/h2-8,11-12,14,20H,9-10,13H2,1H3;1H. The lowest BCUT2D eigenvalue weighted by Crippen LogP contribution is -2.52. The van der Waals surface area contributed by atoms with Gasteiger partial charge in [0.05, 0.1) is 16.3 Å². The summed E-state index contributed by atoms with van der Waals surface area (Å²) in [7, 11) is 0. The van der Waals surface area contributed by atoms with Crippen LogP contribution >= 0.6 is 23.7 Å². The number of piperazine rings is 1. The van der Waals surface area contributed by atoms with E-state index in [0.29, 0.717) is 12.2 Å². The third-order valence-corrected chi connectivity index (χ3v) is 5.36. The Labute approximate surface area is 163 Å². The molecular formula is C19H21ClN4OS. The summed E-state index contributed by atoms with van der Waals surface area (Å²) in [6.45, 7) is 4.43. The van der Waals surface area contributed by atoms with Crippen molar-refractivity contribution in [2.75, 3.05) is 19.6 Å². The Bertz CT molecular complexity index is 863. The zero-order valence-corrected chi connectivity index (χ0v) is 16.1. The molecule has 26 heavy (non-hydrogen) atoms. The van der Waals surface area contributed by atoms with Crippen molar-refractivity contribution in [3.05, 3.63) is 59.6 Å². The predicted molar refractivity (Wildman–Crippen MR) is 107 cm³/mol. The van der Waals surface area contributed by atoms with Gasteiger partial charge >= 0.3 is 0 Å². The van der Waals surface area contributed by atoms with Gasteiger partial charge in [-0.1, -0.05) is 24.3 Å². The number of nitrogens with zero attached hydrogens (tertiary/aromatic N) is 3. The van der Waals surface area contributed by atoms with Gasteiger partial charge in [0.25, 0.3) is 5.91 Å². The van der Waals surface area contributed by atoms with Crippen molar-refractivity contribution in [3.8, 4) is 16.3 Å². The fraction of sp³-hybridized carbons (Fsp3) is 0.263. The predicted octanol–water partition coefficient (Wildman–Crippen LogP) is 3.46. The molecule has 5 nitrogen and oxygen atoms in total. The first kappa shape index (κ1) is 18.6. The van der Waals surface area contributed by atoms with E-state index in [-0.39, 0.29) is 24.4 Å². The van der Waals surface area contributed by atoms with Gasteiger partial charge in [0, 0.05) is 25.7 Å². The summed E-state index contributed by atoms with van der Waals surface area (Å²) in [5.74, 6) is 0.00138. The van der Waals surface area contributed by atoms with Crippen molar-refractivity contribution in [2.45, 2.75) is 13.0 Å². The average Bonchev–Trinajstić information content (AvgIpc) is 3.32. The second-order valence-corrected chi connectivity index (χ2v) is 7.14. The van der Waals surface area contributed by atoms with E-state index in [2.05, 4.69) is 23.4 Å². The van der Waals surface area contributed by atoms with Gasteiger partial charge in [0.1, 0.15) is 0 Å². The lowest BCUT2D eigenvalue weighted by Gasteiger charge is -2.33. The highest BCUT2D eigenvalue weighted by Crippen LogP contribution is 2.28. The fourth-order valence-corrected chi connectivity index (χ4v) is 3.87. The Hall–Kier alpha value is -2.15. The molecule has 0 radical (unpaired) electrons. The number of nitrogens with one attached hydrogen (secondary N) is 1. The first-order valence-corrected chi connectivity index (χ1v) is 9.33. The third-order valence-electron chi connectivity index (χ3n) is 4.47. The second-order valence-electron chi connectivity index (χ2n) is 6.19. The van der Waals surface area contributed by atoms with Gasteiger partial charge in [-0.15, -0.1) is 23.7 Å². The summed E-state index contributed by atoms with van der Waals surface area (Å²) in [6.07, 6.45) is 0. The molecule has 0 spiro atoms. The molecule has 7 heteroatoms. The van der Waals surface area contributed by atoms with E-state index in [4.69, 9.17) is 0 Å².